The van der Waals surface area contributed by atoms with Crippen molar-refractivity contribution in [3.63, 3.8) is 0 Å². The minimum absolute atomic E-state index is 0.243. The zero-order valence-electron chi connectivity index (χ0n) is 6.43. The minimum Gasteiger partial charge on any atom is -0.299 e. The molecule has 0 aromatic heterocycles. The summed E-state index contributed by atoms with van der Waals surface area (Å²) >= 11 is 0. The van der Waals surface area contributed by atoms with Crippen molar-refractivity contribution in [2.24, 2.45) is 0 Å². The first-order valence-corrected chi connectivity index (χ1v) is 4.71. The van der Waals surface area contributed by atoms with Crippen LogP contribution >= 0.6 is 0 Å². The predicted octanol–water partition coefficient (Wildman–Crippen LogP) is 0.239. The molecule has 0 heterocycles. The molecule has 0 aliphatic carbocycles. The van der Waals surface area contributed by atoms with E-state index in [4.69, 9.17) is 9.76 Å². The molecule has 13 heavy (non-hydrogen) atoms. The second kappa shape index (κ2) is 3.71. The average Bonchev–Trinajstić information content (AvgIpc) is 2.04. The Morgan fingerprint density at radius 3 is 2.54 bits per heavy atom. The third kappa shape index (κ3) is 2.67. The topological polar surface area (TPSA) is 98.7 Å². The van der Waals surface area contributed by atoms with E-state index in [1.807, 2.05) is 0 Å². The summed E-state index contributed by atoms with van der Waals surface area (Å²) in [5.41, 5.74) is 4.20. The number of benzene rings is 1. The van der Waals surface area contributed by atoms with Gasteiger partial charge >= 0.3 is 0 Å². The molecule has 1 rings (SSSR count). The molecule has 0 aliphatic rings. The molecule has 0 amide bonds. The van der Waals surface area contributed by atoms with Gasteiger partial charge in [-0.25, -0.2) is 0 Å². The predicted molar refractivity (Wildman–Crippen MR) is 44.8 cm³/mol. The molecule has 0 spiro atoms. The number of anilines is 1. The smallest absolute Gasteiger partial charge is 0.294 e. The van der Waals surface area contributed by atoms with Crippen LogP contribution in [0.15, 0.2) is 29.2 Å². The van der Waals surface area contributed by atoms with Gasteiger partial charge < -0.3 is 0 Å². The highest BCUT2D eigenvalue weighted by Gasteiger charge is 2.08. The van der Waals surface area contributed by atoms with Crippen LogP contribution in [-0.2, 0) is 10.1 Å². The van der Waals surface area contributed by atoms with Crippen molar-refractivity contribution in [3.05, 3.63) is 24.3 Å². The standard InChI is InChI=1S/C6H8N2O4S/c9-8-7-5-2-1-3-6(4-5)13(10,11)12/h1-4,7-9H,(H,10,11,12). The lowest BCUT2D eigenvalue weighted by Gasteiger charge is -2.03. The fourth-order valence-electron chi connectivity index (χ4n) is 0.799. The molecule has 0 saturated heterocycles. The number of nitrogens with one attached hydrogen (secondary N) is 2. The van der Waals surface area contributed by atoms with E-state index >= 15 is 0 Å². The van der Waals surface area contributed by atoms with Gasteiger partial charge in [0.05, 0.1) is 10.6 Å². The van der Waals surface area contributed by atoms with Crippen LogP contribution in [0, 0.1) is 0 Å². The highest BCUT2D eigenvalue weighted by molar-refractivity contribution is 7.85. The number of rotatable bonds is 3. The molecule has 1 aromatic carbocycles. The van der Waals surface area contributed by atoms with Gasteiger partial charge in [0.15, 0.2) is 0 Å². The first kappa shape index (κ1) is 9.93. The molecular formula is C6H8N2O4S. The van der Waals surface area contributed by atoms with Gasteiger partial charge in [-0.3, -0.25) is 15.2 Å². The maximum Gasteiger partial charge on any atom is 0.294 e. The lowest BCUT2D eigenvalue weighted by Crippen LogP contribution is -2.16. The molecule has 4 N–H and O–H groups in total. The first-order valence-electron chi connectivity index (χ1n) is 3.27. The van der Waals surface area contributed by atoms with E-state index in [1.54, 1.807) is 5.59 Å². The van der Waals surface area contributed by atoms with E-state index in [1.165, 1.54) is 24.3 Å². The summed E-state index contributed by atoms with van der Waals surface area (Å²) in [6, 6.07) is 5.33. The second-order valence-corrected chi connectivity index (χ2v) is 3.66. The van der Waals surface area contributed by atoms with Crippen LogP contribution in [0.5, 0.6) is 0 Å². The highest BCUT2D eigenvalue weighted by Crippen LogP contribution is 2.13. The fourth-order valence-corrected chi connectivity index (χ4v) is 1.33. The van der Waals surface area contributed by atoms with Crippen LogP contribution in [-0.4, -0.2) is 18.2 Å². The van der Waals surface area contributed by atoms with Crippen molar-refractivity contribution in [1.82, 2.24) is 5.59 Å². The zero-order valence-corrected chi connectivity index (χ0v) is 7.25. The van der Waals surface area contributed by atoms with Crippen LogP contribution in [0.4, 0.5) is 5.69 Å². The third-order valence-corrected chi connectivity index (χ3v) is 2.18. The van der Waals surface area contributed by atoms with Gasteiger partial charge in [0.25, 0.3) is 10.1 Å². The van der Waals surface area contributed by atoms with Gasteiger partial charge in [-0.15, -0.1) is 5.59 Å². The molecule has 0 radical (unpaired) electrons. The summed E-state index contributed by atoms with van der Waals surface area (Å²) in [4.78, 5) is -0.243. The highest BCUT2D eigenvalue weighted by atomic mass is 32.2. The number of hydrazine groups is 1. The monoisotopic (exact) mass is 204 g/mol. The second-order valence-electron chi connectivity index (χ2n) is 2.24. The van der Waals surface area contributed by atoms with E-state index in [9.17, 15) is 8.42 Å². The normalized spacial score (nSPS) is 11.2. The summed E-state index contributed by atoms with van der Waals surface area (Å²) in [6.07, 6.45) is 0. The number of hydrogen-bond acceptors (Lipinski definition) is 5. The summed E-state index contributed by atoms with van der Waals surface area (Å²) in [7, 11) is -4.19. The van der Waals surface area contributed by atoms with Gasteiger partial charge in [-0.05, 0) is 18.2 Å². The molecule has 7 heteroatoms. The molecule has 1 aromatic rings. The van der Waals surface area contributed by atoms with Crippen LogP contribution in [0.1, 0.15) is 0 Å². The number of hydrogen-bond donors (Lipinski definition) is 4. The fraction of sp³-hybridized carbons (Fsp3) is 0. The van der Waals surface area contributed by atoms with E-state index in [2.05, 4.69) is 5.43 Å². The van der Waals surface area contributed by atoms with Crippen molar-refractivity contribution in [1.29, 1.82) is 0 Å². The molecular weight excluding hydrogens is 196 g/mol. The Hall–Kier alpha value is -1.15. The van der Waals surface area contributed by atoms with Gasteiger partial charge in [-0.1, -0.05) is 6.07 Å². The lowest BCUT2D eigenvalue weighted by atomic mass is 10.3. The average molecular weight is 204 g/mol. The van der Waals surface area contributed by atoms with Crippen LogP contribution < -0.4 is 11.0 Å². The van der Waals surface area contributed by atoms with E-state index in [0.717, 1.165) is 0 Å². The maximum atomic E-state index is 10.6. The Kier molecular flexibility index (Phi) is 2.83. The largest absolute Gasteiger partial charge is 0.299 e. The summed E-state index contributed by atoms with van der Waals surface area (Å²) in [6.45, 7) is 0. The quantitative estimate of drug-likeness (QED) is 0.416. The molecule has 6 nitrogen and oxygen atoms in total. The minimum atomic E-state index is -4.19. The van der Waals surface area contributed by atoms with Crippen LogP contribution in [0.2, 0.25) is 0 Å². The van der Waals surface area contributed by atoms with Gasteiger partial charge in [0.1, 0.15) is 0 Å². The summed E-state index contributed by atoms with van der Waals surface area (Å²) in [5.74, 6) is 0. The van der Waals surface area contributed by atoms with Gasteiger partial charge in [-0.2, -0.15) is 8.42 Å². The molecule has 0 fully saturated rings. The van der Waals surface area contributed by atoms with Crippen molar-refractivity contribution in [2.45, 2.75) is 4.90 Å². The third-order valence-electron chi connectivity index (χ3n) is 1.33. The molecule has 0 atom stereocenters. The first-order chi connectivity index (χ1) is 6.04. The van der Waals surface area contributed by atoms with Gasteiger partial charge in [0, 0.05) is 0 Å². The maximum absolute atomic E-state index is 10.6. The van der Waals surface area contributed by atoms with E-state index in [-0.39, 0.29) is 4.90 Å². The molecule has 0 saturated carbocycles. The summed E-state index contributed by atoms with van der Waals surface area (Å²) in [5, 5.41) is 8.24. The van der Waals surface area contributed by atoms with Crippen molar-refractivity contribution >= 4 is 15.8 Å². The molecule has 0 aliphatic heterocycles. The Labute approximate surface area is 74.9 Å². The van der Waals surface area contributed by atoms with E-state index < -0.39 is 10.1 Å². The van der Waals surface area contributed by atoms with E-state index in [0.29, 0.717) is 5.69 Å². The van der Waals surface area contributed by atoms with Crippen molar-refractivity contribution in [3.8, 4) is 0 Å². The summed E-state index contributed by atoms with van der Waals surface area (Å²) < 4.78 is 29.9. The molecule has 0 unspecified atom stereocenters. The Morgan fingerprint density at radius 1 is 1.31 bits per heavy atom. The Balaban J connectivity index is 3.06. The van der Waals surface area contributed by atoms with Crippen molar-refractivity contribution < 1.29 is 18.2 Å². The molecule has 72 valence electrons. The van der Waals surface area contributed by atoms with Crippen LogP contribution in [0.25, 0.3) is 0 Å². The zero-order chi connectivity index (χ0) is 9.90. The molecule has 0 bridgehead atoms. The Morgan fingerprint density at radius 2 is 2.00 bits per heavy atom. The SMILES string of the molecule is O=S(=O)(O)c1cccc(NNO)c1. The Bertz CT molecular complexity index is 389. The van der Waals surface area contributed by atoms with Crippen molar-refractivity contribution in [2.75, 3.05) is 5.43 Å². The lowest BCUT2D eigenvalue weighted by molar-refractivity contribution is 0.192. The van der Waals surface area contributed by atoms with Gasteiger partial charge in [0.2, 0.25) is 0 Å². The van der Waals surface area contributed by atoms with Crippen LogP contribution in [0.3, 0.4) is 0 Å².